The molecular formula is C24H50O6P2. The van der Waals surface area contributed by atoms with Gasteiger partial charge in [-0.15, -0.1) is 0 Å². The largest absolute Gasteiger partial charge is 0.348 e. The van der Waals surface area contributed by atoms with Crippen LogP contribution in [0.3, 0.4) is 0 Å². The summed E-state index contributed by atoms with van der Waals surface area (Å²) in [6.07, 6.45) is 8.33. The zero-order valence-electron chi connectivity index (χ0n) is 22.0. The normalized spacial score (nSPS) is 22.2. The summed E-state index contributed by atoms with van der Waals surface area (Å²) in [6, 6.07) is 0. The summed E-state index contributed by atoms with van der Waals surface area (Å²) < 4.78 is 51.9. The fourth-order valence-corrected chi connectivity index (χ4v) is 8.78. The van der Waals surface area contributed by atoms with Gasteiger partial charge in [0.15, 0.2) is 4.90 Å². The van der Waals surface area contributed by atoms with Gasteiger partial charge in [0.2, 0.25) is 0 Å². The van der Waals surface area contributed by atoms with E-state index in [1.54, 1.807) is 13.8 Å². The molecule has 0 spiro atoms. The minimum atomic E-state index is -3.81. The summed E-state index contributed by atoms with van der Waals surface area (Å²) in [5.74, 6) is 0.579. The second kappa shape index (κ2) is 13.4. The van der Waals surface area contributed by atoms with Crippen molar-refractivity contribution < 1.29 is 27.2 Å². The Morgan fingerprint density at radius 3 is 1.66 bits per heavy atom. The van der Waals surface area contributed by atoms with E-state index in [0.29, 0.717) is 13.2 Å². The van der Waals surface area contributed by atoms with E-state index in [0.717, 1.165) is 51.4 Å². The quantitative estimate of drug-likeness (QED) is 0.199. The van der Waals surface area contributed by atoms with Crippen molar-refractivity contribution in [1.82, 2.24) is 0 Å². The minimum absolute atomic E-state index is 0.239. The van der Waals surface area contributed by atoms with Crippen LogP contribution >= 0.6 is 15.2 Å². The highest BCUT2D eigenvalue weighted by Gasteiger charge is 2.61. The van der Waals surface area contributed by atoms with Crippen LogP contribution in [0.15, 0.2) is 0 Å². The van der Waals surface area contributed by atoms with Crippen LogP contribution in [0.25, 0.3) is 0 Å². The van der Waals surface area contributed by atoms with Gasteiger partial charge in [0.1, 0.15) is 0 Å². The van der Waals surface area contributed by atoms with Gasteiger partial charge in [0.25, 0.3) is 0 Å². The Balaban J connectivity index is 3.10. The SMILES string of the molecule is CCCCC(CC)COP(=O)(OCC(CC)CCCC)C(C)(C)P1(=O)OCC(C)(C)CO1. The van der Waals surface area contributed by atoms with Crippen molar-refractivity contribution >= 4 is 15.2 Å². The van der Waals surface area contributed by atoms with Crippen molar-refractivity contribution in [2.45, 2.75) is 112 Å². The summed E-state index contributed by atoms with van der Waals surface area (Å²) in [4.78, 5) is -1.39. The molecule has 1 rings (SSSR count). The van der Waals surface area contributed by atoms with E-state index in [1.165, 1.54) is 0 Å². The second-order valence-corrected chi connectivity index (χ2v) is 16.2. The molecule has 1 heterocycles. The molecule has 0 saturated carbocycles. The molecule has 1 saturated heterocycles. The van der Waals surface area contributed by atoms with Crippen molar-refractivity contribution in [3.63, 3.8) is 0 Å². The van der Waals surface area contributed by atoms with Gasteiger partial charge in [0.05, 0.1) is 26.4 Å². The van der Waals surface area contributed by atoms with Crippen LogP contribution in [-0.2, 0) is 27.2 Å². The molecule has 6 nitrogen and oxygen atoms in total. The maximum absolute atomic E-state index is 14.3. The standard InChI is InChI=1S/C24H50O6P2/c1-9-13-15-21(11-3)17-27-31(25,28-18-22(12-4)16-14-10-2)24(7,8)32(26)29-19-23(5,6)20-30-32/h21-22H,9-20H2,1-8H3. The van der Waals surface area contributed by atoms with Crippen molar-refractivity contribution in [1.29, 1.82) is 0 Å². The van der Waals surface area contributed by atoms with Gasteiger partial charge in [0, 0.05) is 5.41 Å². The molecule has 0 amide bonds. The van der Waals surface area contributed by atoms with E-state index in [9.17, 15) is 9.13 Å². The summed E-state index contributed by atoms with van der Waals surface area (Å²) in [5, 5.41) is 0. The predicted molar refractivity (Wildman–Crippen MR) is 133 cm³/mol. The van der Waals surface area contributed by atoms with Gasteiger partial charge in [-0.1, -0.05) is 80.1 Å². The lowest BCUT2D eigenvalue weighted by molar-refractivity contribution is 0.0348. The molecule has 1 aliphatic heterocycles. The zero-order chi connectivity index (χ0) is 24.5. The summed E-state index contributed by atoms with van der Waals surface area (Å²) in [7, 11) is -7.52. The fraction of sp³-hybridized carbons (Fsp3) is 1.00. The van der Waals surface area contributed by atoms with Crippen LogP contribution in [-0.4, -0.2) is 31.3 Å². The first kappa shape index (κ1) is 30.3. The predicted octanol–water partition coefficient (Wildman–Crippen LogP) is 8.65. The second-order valence-electron chi connectivity index (χ2n) is 10.6. The Morgan fingerprint density at radius 1 is 0.906 bits per heavy atom. The Morgan fingerprint density at radius 2 is 1.31 bits per heavy atom. The third kappa shape index (κ3) is 8.21. The van der Waals surface area contributed by atoms with Gasteiger partial charge in [-0.05, 0) is 38.5 Å². The first-order valence-electron chi connectivity index (χ1n) is 12.7. The zero-order valence-corrected chi connectivity index (χ0v) is 23.8. The van der Waals surface area contributed by atoms with Crippen molar-refractivity contribution in [3.05, 3.63) is 0 Å². The highest BCUT2D eigenvalue weighted by molar-refractivity contribution is 7.74. The number of hydrogen-bond acceptors (Lipinski definition) is 6. The molecule has 0 N–H and O–H groups in total. The van der Waals surface area contributed by atoms with E-state index in [1.807, 2.05) is 13.8 Å². The van der Waals surface area contributed by atoms with E-state index < -0.39 is 20.1 Å². The van der Waals surface area contributed by atoms with Gasteiger partial charge in [-0.2, -0.15) is 0 Å². The maximum Gasteiger partial charge on any atom is 0.348 e. The van der Waals surface area contributed by atoms with Crippen LogP contribution in [0.5, 0.6) is 0 Å². The van der Waals surface area contributed by atoms with Crippen molar-refractivity contribution in [2.24, 2.45) is 17.3 Å². The molecule has 2 unspecified atom stereocenters. The lowest BCUT2D eigenvalue weighted by Crippen LogP contribution is -2.36. The Hall–Kier alpha value is 0.300. The highest BCUT2D eigenvalue weighted by atomic mass is 31.2. The van der Waals surface area contributed by atoms with E-state index in [-0.39, 0.29) is 30.5 Å². The minimum Gasteiger partial charge on any atom is -0.307 e. The summed E-state index contributed by atoms with van der Waals surface area (Å²) >= 11 is 0. The van der Waals surface area contributed by atoms with Crippen LogP contribution in [0.1, 0.15) is 107 Å². The highest BCUT2D eigenvalue weighted by Crippen LogP contribution is 2.78. The molecule has 32 heavy (non-hydrogen) atoms. The topological polar surface area (TPSA) is 71.1 Å². The summed E-state index contributed by atoms with van der Waals surface area (Å²) in [5.41, 5.74) is -0.239. The number of rotatable bonds is 16. The molecule has 2 atom stereocenters. The monoisotopic (exact) mass is 496 g/mol. The molecule has 8 heteroatoms. The Labute approximate surface area is 198 Å². The molecule has 0 aromatic carbocycles. The van der Waals surface area contributed by atoms with Crippen LogP contribution in [0.4, 0.5) is 0 Å². The molecule has 0 bridgehead atoms. The molecule has 0 aromatic heterocycles. The fourth-order valence-electron chi connectivity index (χ4n) is 3.62. The first-order chi connectivity index (χ1) is 14.9. The van der Waals surface area contributed by atoms with Gasteiger partial charge >= 0.3 is 15.2 Å². The molecule has 192 valence electrons. The maximum atomic E-state index is 14.3. The van der Waals surface area contributed by atoms with Crippen LogP contribution < -0.4 is 0 Å². The lowest BCUT2D eigenvalue weighted by atomic mass is 9.97. The van der Waals surface area contributed by atoms with Crippen LogP contribution in [0, 0.1) is 17.3 Å². The number of hydrogen-bond donors (Lipinski definition) is 0. The molecule has 0 radical (unpaired) electrons. The molecular weight excluding hydrogens is 446 g/mol. The molecule has 0 aliphatic carbocycles. The van der Waals surface area contributed by atoms with Crippen LogP contribution in [0.2, 0.25) is 0 Å². The Kier molecular flexibility index (Phi) is 12.7. The van der Waals surface area contributed by atoms with E-state index in [4.69, 9.17) is 18.1 Å². The average molecular weight is 497 g/mol. The van der Waals surface area contributed by atoms with Gasteiger partial charge in [-0.25, -0.2) is 0 Å². The molecule has 1 aliphatic rings. The molecule has 0 aromatic rings. The molecule has 1 fully saturated rings. The Bertz CT molecular complexity index is 596. The lowest BCUT2D eigenvalue weighted by Gasteiger charge is -2.43. The third-order valence-electron chi connectivity index (χ3n) is 6.64. The number of unbranched alkanes of at least 4 members (excludes halogenated alkanes) is 2. The smallest absolute Gasteiger partial charge is 0.307 e. The van der Waals surface area contributed by atoms with Gasteiger partial charge < -0.3 is 18.1 Å². The average Bonchev–Trinajstić information content (AvgIpc) is 2.76. The van der Waals surface area contributed by atoms with Crippen molar-refractivity contribution in [2.75, 3.05) is 26.4 Å². The third-order valence-corrected chi connectivity index (χ3v) is 12.7. The first-order valence-corrected chi connectivity index (χ1v) is 15.8. The van der Waals surface area contributed by atoms with Gasteiger partial charge in [-0.3, -0.25) is 9.13 Å². The van der Waals surface area contributed by atoms with Crippen molar-refractivity contribution in [3.8, 4) is 0 Å². The van der Waals surface area contributed by atoms with E-state index in [2.05, 4.69) is 27.7 Å². The summed E-state index contributed by atoms with van der Waals surface area (Å²) in [6.45, 7) is 17.1. The van der Waals surface area contributed by atoms with E-state index >= 15 is 0 Å².